The lowest BCUT2D eigenvalue weighted by molar-refractivity contribution is -0.143. The smallest absolute Gasteiger partial charge is 0.326 e. The van der Waals surface area contributed by atoms with Gasteiger partial charge in [0.25, 0.3) is 0 Å². The lowest BCUT2D eigenvalue weighted by Crippen LogP contribution is -2.41. The molecule has 0 saturated carbocycles. The van der Waals surface area contributed by atoms with Gasteiger partial charge >= 0.3 is 5.97 Å². The van der Waals surface area contributed by atoms with Gasteiger partial charge in [0.15, 0.2) is 0 Å². The van der Waals surface area contributed by atoms with E-state index in [1.54, 1.807) is 6.92 Å². The second-order valence-corrected chi connectivity index (χ2v) is 3.57. The first-order valence-electron chi connectivity index (χ1n) is 4.91. The van der Waals surface area contributed by atoms with Crippen molar-refractivity contribution in [3.8, 4) is 0 Å². The van der Waals surface area contributed by atoms with Gasteiger partial charge in [0.1, 0.15) is 11.8 Å². The van der Waals surface area contributed by atoms with Crippen molar-refractivity contribution in [2.24, 2.45) is 5.92 Å². The molecule has 2 unspecified atom stereocenters. The average molecular weight is 215 g/mol. The SMILES string of the molecule is CCC(C)C(=O)CC(NC(C)=O)C(=O)O. The molecular weight excluding hydrogens is 198 g/mol. The van der Waals surface area contributed by atoms with E-state index in [0.717, 1.165) is 0 Å². The van der Waals surface area contributed by atoms with Crippen LogP contribution < -0.4 is 5.32 Å². The van der Waals surface area contributed by atoms with Crippen LogP contribution in [0.1, 0.15) is 33.6 Å². The number of carbonyl (C=O) groups excluding carboxylic acids is 2. The molecule has 0 aromatic rings. The third-order valence-electron chi connectivity index (χ3n) is 2.24. The molecule has 0 rings (SSSR count). The minimum atomic E-state index is -1.18. The molecule has 0 saturated heterocycles. The molecule has 0 aromatic heterocycles. The molecule has 0 radical (unpaired) electrons. The number of nitrogens with one attached hydrogen (secondary N) is 1. The highest BCUT2D eigenvalue weighted by Gasteiger charge is 2.23. The van der Waals surface area contributed by atoms with Crippen molar-refractivity contribution >= 4 is 17.7 Å². The molecule has 1 amide bonds. The predicted octanol–water partition coefficient (Wildman–Crippen LogP) is 0.581. The molecule has 0 aromatic carbocycles. The Balaban J connectivity index is 4.35. The van der Waals surface area contributed by atoms with Crippen LogP contribution in [-0.4, -0.2) is 28.8 Å². The van der Waals surface area contributed by atoms with Gasteiger partial charge in [-0.05, 0) is 6.42 Å². The van der Waals surface area contributed by atoms with Gasteiger partial charge < -0.3 is 10.4 Å². The number of rotatable bonds is 6. The highest BCUT2D eigenvalue weighted by molar-refractivity contribution is 5.89. The molecule has 0 aliphatic carbocycles. The molecule has 2 atom stereocenters. The fourth-order valence-corrected chi connectivity index (χ4v) is 1.08. The Morgan fingerprint density at radius 2 is 1.87 bits per heavy atom. The quantitative estimate of drug-likeness (QED) is 0.679. The predicted molar refractivity (Wildman–Crippen MR) is 54.3 cm³/mol. The number of carboxylic acids is 1. The Kier molecular flexibility index (Phi) is 5.59. The topological polar surface area (TPSA) is 83.5 Å². The highest BCUT2D eigenvalue weighted by Crippen LogP contribution is 2.07. The van der Waals surface area contributed by atoms with Crippen molar-refractivity contribution in [1.82, 2.24) is 5.32 Å². The molecule has 2 N–H and O–H groups in total. The summed E-state index contributed by atoms with van der Waals surface area (Å²) in [5.74, 6) is -1.93. The lowest BCUT2D eigenvalue weighted by atomic mass is 9.98. The minimum Gasteiger partial charge on any atom is -0.480 e. The Morgan fingerprint density at radius 1 is 1.33 bits per heavy atom. The molecule has 0 aliphatic rings. The Bertz CT molecular complexity index is 262. The van der Waals surface area contributed by atoms with Gasteiger partial charge in [-0.25, -0.2) is 4.79 Å². The van der Waals surface area contributed by atoms with E-state index in [-0.39, 0.29) is 18.1 Å². The number of ketones is 1. The minimum absolute atomic E-state index is 0.140. The maximum Gasteiger partial charge on any atom is 0.326 e. The number of amides is 1. The number of hydrogen-bond donors (Lipinski definition) is 2. The maximum absolute atomic E-state index is 11.5. The molecule has 5 nitrogen and oxygen atoms in total. The Hall–Kier alpha value is -1.39. The van der Waals surface area contributed by atoms with Crippen molar-refractivity contribution in [1.29, 1.82) is 0 Å². The summed E-state index contributed by atoms with van der Waals surface area (Å²) in [4.78, 5) is 32.9. The van der Waals surface area contributed by atoms with Crippen LogP contribution in [0.25, 0.3) is 0 Å². The van der Waals surface area contributed by atoms with Crippen LogP contribution in [0.15, 0.2) is 0 Å². The van der Waals surface area contributed by atoms with Crippen LogP contribution >= 0.6 is 0 Å². The van der Waals surface area contributed by atoms with Gasteiger partial charge in [-0.1, -0.05) is 13.8 Å². The molecular formula is C10H17NO4. The van der Waals surface area contributed by atoms with E-state index in [4.69, 9.17) is 5.11 Å². The summed E-state index contributed by atoms with van der Waals surface area (Å²) in [5.41, 5.74) is 0. The third kappa shape index (κ3) is 5.15. The fourth-order valence-electron chi connectivity index (χ4n) is 1.08. The zero-order chi connectivity index (χ0) is 12.0. The maximum atomic E-state index is 11.5. The van der Waals surface area contributed by atoms with Crippen LogP contribution in [-0.2, 0) is 14.4 Å². The van der Waals surface area contributed by atoms with Crippen LogP contribution in [0.4, 0.5) is 0 Å². The van der Waals surface area contributed by atoms with Gasteiger partial charge in [0.2, 0.25) is 5.91 Å². The molecule has 0 fully saturated rings. The molecule has 15 heavy (non-hydrogen) atoms. The summed E-state index contributed by atoms with van der Waals surface area (Å²) >= 11 is 0. The Morgan fingerprint density at radius 3 is 2.20 bits per heavy atom. The molecule has 0 spiro atoms. The van der Waals surface area contributed by atoms with Crippen LogP contribution in [0.3, 0.4) is 0 Å². The standard InChI is InChI=1S/C10H17NO4/c1-4-6(2)9(13)5-8(10(14)15)11-7(3)12/h6,8H,4-5H2,1-3H3,(H,11,12)(H,14,15). The van der Waals surface area contributed by atoms with E-state index in [1.165, 1.54) is 6.92 Å². The van der Waals surface area contributed by atoms with Crippen molar-refractivity contribution in [3.63, 3.8) is 0 Å². The van der Waals surface area contributed by atoms with E-state index >= 15 is 0 Å². The third-order valence-corrected chi connectivity index (χ3v) is 2.24. The zero-order valence-electron chi connectivity index (χ0n) is 9.24. The van der Waals surface area contributed by atoms with Gasteiger partial charge in [-0.2, -0.15) is 0 Å². The normalized spacial score (nSPS) is 14.1. The molecule has 86 valence electrons. The van der Waals surface area contributed by atoms with Crippen molar-refractivity contribution in [3.05, 3.63) is 0 Å². The van der Waals surface area contributed by atoms with E-state index < -0.39 is 17.9 Å². The lowest BCUT2D eigenvalue weighted by Gasteiger charge is -2.14. The highest BCUT2D eigenvalue weighted by atomic mass is 16.4. The van der Waals surface area contributed by atoms with Crippen molar-refractivity contribution in [2.45, 2.75) is 39.7 Å². The molecule has 0 heterocycles. The van der Waals surface area contributed by atoms with E-state index in [1.807, 2.05) is 6.92 Å². The largest absolute Gasteiger partial charge is 0.480 e. The number of aliphatic carboxylic acids is 1. The summed E-state index contributed by atoms with van der Waals surface area (Å²) in [5, 5.41) is 11.0. The summed E-state index contributed by atoms with van der Waals surface area (Å²) < 4.78 is 0. The van der Waals surface area contributed by atoms with Crippen LogP contribution in [0.2, 0.25) is 0 Å². The first-order valence-corrected chi connectivity index (χ1v) is 4.91. The zero-order valence-corrected chi connectivity index (χ0v) is 9.24. The van der Waals surface area contributed by atoms with Gasteiger partial charge in [-0.15, -0.1) is 0 Å². The number of Topliss-reactive ketones (excluding diaryl/α,β-unsaturated/α-hetero) is 1. The van der Waals surface area contributed by atoms with Crippen LogP contribution in [0.5, 0.6) is 0 Å². The first-order chi connectivity index (χ1) is 6.88. The van der Waals surface area contributed by atoms with Gasteiger partial charge in [0, 0.05) is 19.3 Å². The Labute approximate surface area is 88.9 Å². The summed E-state index contributed by atoms with van der Waals surface area (Å²) in [6, 6.07) is -1.11. The van der Waals surface area contributed by atoms with E-state index in [0.29, 0.717) is 6.42 Å². The summed E-state index contributed by atoms with van der Waals surface area (Å²) in [6.07, 6.45) is 0.523. The van der Waals surface area contributed by atoms with E-state index in [9.17, 15) is 14.4 Å². The second-order valence-electron chi connectivity index (χ2n) is 3.57. The van der Waals surface area contributed by atoms with Gasteiger partial charge in [0.05, 0.1) is 0 Å². The van der Waals surface area contributed by atoms with Crippen molar-refractivity contribution < 1.29 is 19.5 Å². The van der Waals surface area contributed by atoms with E-state index in [2.05, 4.69) is 5.32 Å². The monoisotopic (exact) mass is 215 g/mol. The number of carbonyl (C=O) groups is 3. The number of carboxylic acid groups (broad SMARTS) is 1. The van der Waals surface area contributed by atoms with Crippen molar-refractivity contribution in [2.75, 3.05) is 0 Å². The van der Waals surface area contributed by atoms with Crippen LogP contribution in [0, 0.1) is 5.92 Å². The second kappa shape index (κ2) is 6.16. The molecule has 5 heteroatoms. The molecule has 0 aliphatic heterocycles. The average Bonchev–Trinajstić information content (AvgIpc) is 2.14. The summed E-state index contributed by atoms with van der Waals surface area (Å²) in [7, 11) is 0. The number of hydrogen-bond acceptors (Lipinski definition) is 3. The molecule has 0 bridgehead atoms. The van der Waals surface area contributed by atoms with Gasteiger partial charge in [-0.3, -0.25) is 9.59 Å². The fraction of sp³-hybridized carbons (Fsp3) is 0.700. The first kappa shape index (κ1) is 13.6. The summed E-state index contributed by atoms with van der Waals surface area (Å²) in [6.45, 7) is 4.83.